The first kappa shape index (κ1) is 13.6. The first-order valence-corrected chi connectivity index (χ1v) is 7.13. The molecule has 0 atom stereocenters. The molecule has 3 rings (SSSR count). The summed E-state index contributed by atoms with van der Waals surface area (Å²) in [5, 5.41) is 4.32. The zero-order chi connectivity index (χ0) is 14.7. The first-order valence-electron chi connectivity index (χ1n) is 7.13. The van der Waals surface area contributed by atoms with Gasteiger partial charge in [-0.15, -0.1) is 0 Å². The Morgan fingerprint density at radius 3 is 2.43 bits per heavy atom. The highest BCUT2D eigenvalue weighted by atomic mass is 15.3. The topological polar surface area (TPSA) is 43.8 Å². The number of benzene rings is 2. The van der Waals surface area contributed by atoms with Crippen molar-refractivity contribution in [2.75, 3.05) is 0 Å². The van der Waals surface area contributed by atoms with Crippen LogP contribution in [0.2, 0.25) is 0 Å². The van der Waals surface area contributed by atoms with Crippen molar-refractivity contribution >= 4 is 0 Å². The molecular weight excluding hydrogens is 258 g/mol. The molecule has 21 heavy (non-hydrogen) atoms. The standard InChI is InChI=1S/C18H19N3/c1-14-10-11-20-21(14)13-15-6-8-16(9-7-15)18-5-3-2-4-17(18)12-19/h2-11H,12-13,19H2,1H3. The molecule has 0 fully saturated rings. The van der Waals surface area contributed by atoms with Gasteiger partial charge in [0.2, 0.25) is 0 Å². The fraction of sp³-hybridized carbons (Fsp3) is 0.167. The second-order valence-corrected chi connectivity index (χ2v) is 5.19. The Kier molecular flexibility index (Phi) is 3.84. The van der Waals surface area contributed by atoms with E-state index >= 15 is 0 Å². The van der Waals surface area contributed by atoms with Gasteiger partial charge in [-0.25, -0.2) is 0 Å². The van der Waals surface area contributed by atoms with Crippen molar-refractivity contribution < 1.29 is 0 Å². The summed E-state index contributed by atoms with van der Waals surface area (Å²) in [6, 6.07) is 18.9. The van der Waals surface area contributed by atoms with Crippen LogP contribution in [0, 0.1) is 6.92 Å². The molecule has 0 aliphatic rings. The molecular formula is C18H19N3. The van der Waals surface area contributed by atoms with Crippen molar-refractivity contribution in [3.05, 3.63) is 77.6 Å². The number of hydrogen-bond acceptors (Lipinski definition) is 2. The molecule has 0 saturated carbocycles. The van der Waals surface area contributed by atoms with Crippen LogP contribution in [0.15, 0.2) is 60.8 Å². The van der Waals surface area contributed by atoms with E-state index in [-0.39, 0.29) is 0 Å². The zero-order valence-corrected chi connectivity index (χ0v) is 12.2. The third-order valence-electron chi connectivity index (χ3n) is 3.76. The van der Waals surface area contributed by atoms with Crippen LogP contribution in [-0.2, 0) is 13.1 Å². The fourth-order valence-electron chi connectivity index (χ4n) is 2.51. The zero-order valence-electron chi connectivity index (χ0n) is 12.2. The predicted octanol–water partition coefficient (Wildman–Crippen LogP) is 3.37. The Balaban J connectivity index is 1.86. The Morgan fingerprint density at radius 1 is 1.00 bits per heavy atom. The van der Waals surface area contributed by atoms with Gasteiger partial charge in [-0.05, 0) is 35.2 Å². The lowest BCUT2D eigenvalue weighted by molar-refractivity contribution is 0.665. The number of nitrogens with two attached hydrogens (primary N) is 1. The van der Waals surface area contributed by atoms with Gasteiger partial charge in [0.15, 0.2) is 0 Å². The normalized spacial score (nSPS) is 10.8. The molecule has 1 aromatic heterocycles. The Morgan fingerprint density at radius 2 is 1.76 bits per heavy atom. The number of rotatable bonds is 4. The summed E-state index contributed by atoms with van der Waals surface area (Å²) < 4.78 is 2.00. The highest BCUT2D eigenvalue weighted by Crippen LogP contribution is 2.24. The summed E-state index contributed by atoms with van der Waals surface area (Å²) >= 11 is 0. The number of aryl methyl sites for hydroxylation is 1. The van der Waals surface area contributed by atoms with Gasteiger partial charge in [-0.2, -0.15) is 5.10 Å². The summed E-state index contributed by atoms with van der Waals surface area (Å²) in [4.78, 5) is 0. The van der Waals surface area contributed by atoms with Gasteiger partial charge in [0.25, 0.3) is 0 Å². The quantitative estimate of drug-likeness (QED) is 0.794. The van der Waals surface area contributed by atoms with Gasteiger partial charge < -0.3 is 5.73 Å². The highest BCUT2D eigenvalue weighted by molar-refractivity contribution is 5.67. The van der Waals surface area contributed by atoms with Gasteiger partial charge in [0, 0.05) is 18.4 Å². The fourth-order valence-corrected chi connectivity index (χ4v) is 2.51. The molecule has 106 valence electrons. The van der Waals surface area contributed by atoms with Crippen LogP contribution < -0.4 is 5.73 Å². The molecule has 0 amide bonds. The molecule has 0 unspecified atom stereocenters. The Hall–Kier alpha value is -2.39. The van der Waals surface area contributed by atoms with Gasteiger partial charge in [-0.3, -0.25) is 4.68 Å². The molecule has 0 spiro atoms. The summed E-state index contributed by atoms with van der Waals surface area (Å²) in [7, 11) is 0. The minimum absolute atomic E-state index is 0.560. The van der Waals surface area contributed by atoms with E-state index in [0.717, 1.165) is 6.54 Å². The van der Waals surface area contributed by atoms with Gasteiger partial charge in [0.1, 0.15) is 0 Å². The van der Waals surface area contributed by atoms with E-state index in [9.17, 15) is 0 Å². The van der Waals surface area contributed by atoms with Crippen molar-refractivity contribution in [2.24, 2.45) is 5.73 Å². The number of aromatic nitrogens is 2. The molecule has 2 N–H and O–H groups in total. The molecule has 0 saturated heterocycles. The largest absolute Gasteiger partial charge is 0.326 e. The van der Waals surface area contributed by atoms with Crippen LogP contribution in [0.5, 0.6) is 0 Å². The van der Waals surface area contributed by atoms with E-state index in [2.05, 4.69) is 54.5 Å². The van der Waals surface area contributed by atoms with Crippen molar-refractivity contribution in [1.29, 1.82) is 0 Å². The highest BCUT2D eigenvalue weighted by Gasteiger charge is 2.04. The second-order valence-electron chi connectivity index (χ2n) is 5.19. The van der Waals surface area contributed by atoms with Gasteiger partial charge in [-0.1, -0.05) is 48.5 Å². The maximum atomic E-state index is 5.81. The molecule has 3 aromatic rings. The molecule has 0 bridgehead atoms. The molecule has 0 aliphatic heterocycles. The van der Waals surface area contributed by atoms with Gasteiger partial charge >= 0.3 is 0 Å². The number of nitrogens with zero attached hydrogens (tertiary/aromatic N) is 2. The molecule has 0 radical (unpaired) electrons. The Bertz CT molecular complexity index is 726. The van der Waals surface area contributed by atoms with Gasteiger partial charge in [0.05, 0.1) is 6.54 Å². The van der Waals surface area contributed by atoms with Crippen molar-refractivity contribution in [3.63, 3.8) is 0 Å². The van der Waals surface area contributed by atoms with Crippen LogP contribution in [0.25, 0.3) is 11.1 Å². The monoisotopic (exact) mass is 277 g/mol. The van der Waals surface area contributed by atoms with E-state index in [4.69, 9.17) is 5.73 Å². The minimum Gasteiger partial charge on any atom is -0.326 e. The second kappa shape index (κ2) is 5.94. The molecule has 0 aliphatic carbocycles. The van der Waals surface area contributed by atoms with Crippen molar-refractivity contribution in [1.82, 2.24) is 9.78 Å². The Labute approximate surface area is 125 Å². The van der Waals surface area contributed by atoms with E-state index in [1.165, 1.54) is 27.9 Å². The average molecular weight is 277 g/mol. The first-order chi connectivity index (χ1) is 10.3. The summed E-state index contributed by atoms with van der Waals surface area (Å²) in [6.07, 6.45) is 1.83. The summed E-state index contributed by atoms with van der Waals surface area (Å²) in [5.74, 6) is 0. The lowest BCUT2D eigenvalue weighted by Gasteiger charge is -2.09. The van der Waals surface area contributed by atoms with Crippen LogP contribution >= 0.6 is 0 Å². The van der Waals surface area contributed by atoms with E-state index in [0.29, 0.717) is 6.54 Å². The molecule has 3 nitrogen and oxygen atoms in total. The lowest BCUT2D eigenvalue weighted by atomic mass is 9.99. The van der Waals surface area contributed by atoms with Crippen LogP contribution in [0.3, 0.4) is 0 Å². The van der Waals surface area contributed by atoms with E-state index in [1.54, 1.807) is 0 Å². The van der Waals surface area contributed by atoms with E-state index < -0.39 is 0 Å². The van der Waals surface area contributed by atoms with Crippen molar-refractivity contribution in [2.45, 2.75) is 20.0 Å². The summed E-state index contributed by atoms with van der Waals surface area (Å²) in [6.45, 7) is 3.43. The number of hydrogen-bond donors (Lipinski definition) is 1. The third kappa shape index (κ3) is 2.88. The predicted molar refractivity (Wildman–Crippen MR) is 85.8 cm³/mol. The maximum absolute atomic E-state index is 5.81. The van der Waals surface area contributed by atoms with Crippen LogP contribution in [-0.4, -0.2) is 9.78 Å². The van der Waals surface area contributed by atoms with Crippen molar-refractivity contribution in [3.8, 4) is 11.1 Å². The lowest BCUT2D eigenvalue weighted by Crippen LogP contribution is -2.03. The van der Waals surface area contributed by atoms with E-state index in [1.807, 2.05) is 23.0 Å². The average Bonchev–Trinajstić information content (AvgIpc) is 2.93. The molecule has 1 heterocycles. The maximum Gasteiger partial charge on any atom is 0.0662 e. The minimum atomic E-state index is 0.560. The summed E-state index contributed by atoms with van der Waals surface area (Å²) in [5.41, 5.74) is 11.8. The third-order valence-corrected chi connectivity index (χ3v) is 3.76. The van der Waals surface area contributed by atoms with Crippen LogP contribution in [0.4, 0.5) is 0 Å². The molecule has 3 heteroatoms. The molecule has 2 aromatic carbocycles. The van der Waals surface area contributed by atoms with Crippen LogP contribution in [0.1, 0.15) is 16.8 Å². The smallest absolute Gasteiger partial charge is 0.0662 e. The SMILES string of the molecule is Cc1ccnn1Cc1ccc(-c2ccccc2CN)cc1.